The van der Waals surface area contributed by atoms with E-state index in [-0.39, 0.29) is 4.90 Å². The van der Waals surface area contributed by atoms with E-state index in [0.717, 1.165) is 38.7 Å². The van der Waals surface area contributed by atoms with Crippen LogP contribution in [-0.4, -0.2) is 43.7 Å². The monoisotopic (exact) mass is 594 g/mol. The van der Waals surface area contributed by atoms with E-state index in [1.165, 1.54) is 0 Å². The number of nitrogens with zero attached hydrogens (tertiary/aromatic N) is 2. The summed E-state index contributed by atoms with van der Waals surface area (Å²) in [5, 5.41) is 4.10. The molecule has 220 valence electrons. The largest absolute Gasteiger partial charge is 0.493 e. The Morgan fingerprint density at radius 1 is 0.930 bits per heavy atom. The van der Waals surface area contributed by atoms with Crippen molar-refractivity contribution < 1.29 is 17.9 Å². The summed E-state index contributed by atoms with van der Waals surface area (Å²) in [6.07, 6.45) is 4.38. The van der Waals surface area contributed by atoms with E-state index in [9.17, 15) is 8.42 Å². The van der Waals surface area contributed by atoms with Gasteiger partial charge in [-0.05, 0) is 54.8 Å². The summed E-state index contributed by atoms with van der Waals surface area (Å²) in [7, 11) is 1.40. The zero-order valence-electron chi connectivity index (χ0n) is 24.6. The van der Waals surface area contributed by atoms with Crippen LogP contribution in [0, 0.1) is 6.92 Å². The van der Waals surface area contributed by atoms with Crippen molar-refractivity contribution in [2.24, 2.45) is 7.05 Å². The van der Waals surface area contributed by atoms with Crippen LogP contribution in [0.25, 0.3) is 33.2 Å². The normalized spacial score (nSPS) is 12.6. The van der Waals surface area contributed by atoms with Crippen LogP contribution in [0.15, 0.2) is 96.2 Å². The second-order valence-corrected chi connectivity index (χ2v) is 12.7. The first-order chi connectivity index (χ1) is 20.8. The third kappa shape index (κ3) is 5.37. The lowest BCUT2D eigenvalue weighted by molar-refractivity contribution is 0.355. The molecule has 0 radical (unpaired) electrons. The fraction of sp³-hybridized carbons (Fsp3) is 0.206. The number of benzene rings is 3. The molecule has 0 aliphatic heterocycles. The molecule has 0 saturated carbocycles. The van der Waals surface area contributed by atoms with Crippen LogP contribution in [0.2, 0.25) is 0 Å². The summed E-state index contributed by atoms with van der Waals surface area (Å²) in [5.41, 5.74) is 6.12. The second kappa shape index (κ2) is 11.6. The predicted molar refractivity (Wildman–Crippen MR) is 170 cm³/mol. The van der Waals surface area contributed by atoms with Crippen molar-refractivity contribution in [2.45, 2.75) is 23.6 Å². The molecule has 1 unspecified atom stereocenters. The van der Waals surface area contributed by atoms with Gasteiger partial charge in [-0.15, -0.1) is 0 Å². The number of sulfone groups is 1. The molecular formula is C34H34N4O4S. The number of ether oxygens (including phenoxy) is 2. The molecule has 0 fully saturated rings. The Morgan fingerprint density at radius 2 is 1.65 bits per heavy atom. The van der Waals surface area contributed by atoms with Gasteiger partial charge in [-0.1, -0.05) is 48.0 Å². The van der Waals surface area contributed by atoms with E-state index in [1.807, 2.05) is 85.4 Å². The van der Waals surface area contributed by atoms with Crippen molar-refractivity contribution in [3.63, 3.8) is 0 Å². The van der Waals surface area contributed by atoms with E-state index in [2.05, 4.69) is 15.3 Å². The van der Waals surface area contributed by atoms with Crippen molar-refractivity contribution in [3.05, 3.63) is 108 Å². The Bertz CT molecular complexity index is 2010. The molecule has 0 spiro atoms. The summed E-state index contributed by atoms with van der Waals surface area (Å²) in [4.78, 5) is 8.29. The molecule has 1 atom stereocenters. The van der Waals surface area contributed by atoms with Crippen molar-refractivity contribution in [1.82, 2.24) is 19.9 Å². The lowest BCUT2D eigenvalue weighted by atomic mass is 10.1. The van der Waals surface area contributed by atoms with Gasteiger partial charge >= 0.3 is 0 Å². The highest BCUT2D eigenvalue weighted by Gasteiger charge is 2.31. The summed E-state index contributed by atoms with van der Waals surface area (Å²) >= 11 is 0. The molecule has 9 heteroatoms. The molecule has 6 aromatic rings. The van der Waals surface area contributed by atoms with Crippen LogP contribution in [0.1, 0.15) is 22.1 Å². The predicted octanol–water partition coefficient (Wildman–Crippen LogP) is 6.35. The first-order valence-corrected chi connectivity index (χ1v) is 15.6. The second-order valence-electron chi connectivity index (χ2n) is 10.7. The summed E-state index contributed by atoms with van der Waals surface area (Å²) < 4.78 is 41.5. The Labute approximate surface area is 251 Å². The number of H-pyrrole nitrogens is 1. The lowest BCUT2D eigenvalue weighted by Gasteiger charge is -2.21. The zero-order valence-corrected chi connectivity index (χ0v) is 25.4. The minimum Gasteiger partial charge on any atom is -0.493 e. The first-order valence-electron chi connectivity index (χ1n) is 14.1. The summed E-state index contributed by atoms with van der Waals surface area (Å²) in [6.45, 7) is 2.42. The van der Waals surface area contributed by atoms with Gasteiger partial charge in [-0.3, -0.25) is 5.32 Å². The van der Waals surface area contributed by atoms with Crippen LogP contribution in [-0.2, 0) is 23.3 Å². The molecule has 2 N–H and O–H groups in total. The number of fused-ring (bicyclic) bond motifs is 2. The highest BCUT2D eigenvalue weighted by atomic mass is 32.2. The summed E-state index contributed by atoms with van der Waals surface area (Å²) in [6, 6.07) is 24.7. The standard InChI is InChI=1S/C34H34N4O4S/c1-22-10-12-24(13-11-22)43(39,40)34(36-16-14-23-8-6-5-7-9-23)25-15-17-35-33-27(25)18-29(37-33)28-21-38(2)30-20-32(42-4)31(41-3)19-26(28)30/h5-13,15,17-21,34,36H,14,16H2,1-4H3,(H,35,37). The average Bonchev–Trinajstić information content (AvgIpc) is 3.60. The Morgan fingerprint density at radius 3 is 2.37 bits per heavy atom. The van der Waals surface area contributed by atoms with Crippen LogP contribution in [0.3, 0.4) is 0 Å². The number of hydrogen-bond acceptors (Lipinski definition) is 6. The number of rotatable bonds is 10. The number of aromatic nitrogens is 3. The molecule has 0 aliphatic carbocycles. The minimum absolute atomic E-state index is 0.270. The zero-order chi connectivity index (χ0) is 30.1. The van der Waals surface area contributed by atoms with Crippen LogP contribution < -0.4 is 14.8 Å². The number of aryl methyl sites for hydroxylation is 2. The summed E-state index contributed by atoms with van der Waals surface area (Å²) in [5.74, 6) is 1.28. The van der Waals surface area contributed by atoms with E-state index < -0.39 is 15.2 Å². The van der Waals surface area contributed by atoms with Gasteiger partial charge in [0.15, 0.2) is 21.3 Å². The van der Waals surface area contributed by atoms with E-state index in [4.69, 9.17) is 9.47 Å². The van der Waals surface area contributed by atoms with Gasteiger partial charge in [-0.25, -0.2) is 13.4 Å². The van der Waals surface area contributed by atoms with Gasteiger partial charge in [0.05, 0.1) is 24.6 Å². The molecule has 0 aliphatic rings. The SMILES string of the molecule is COc1cc2c(-c3cc4c(C(NCCc5ccccc5)S(=O)(=O)c5ccc(C)cc5)ccnc4[nH]3)cn(C)c2cc1OC. The van der Waals surface area contributed by atoms with E-state index in [1.54, 1.807) is 38.6 Å². The van der Waals surface area contributed by atoms with Crippen LogP contribution >= 0.6 is 0 Å². The number of methoxy groups -OCH3 is 2. The number of hydrogen-bond donors (Lipinski definition) is 2. The fourth-order valence-electron chi connectivity index (χ4n) is 5.59. The maximum Gasteiger partial charge on any atom is 0.198 e. The van der Waals surface area contributed by atoms with Gasteiger partial charge in [0.25, 0.3) is 0 Å². The van der Waals surface area contributed by atoms with Gasteiger partial charge in [0.1, 0.15) is 11.0 Å². The minimum atomic E-state index is -3.81. The maximum atomic E-state index is 14.2. The van der Waals surface area contributed by atoms with Crippen molar-refractivity contribution in [3.8, 4) is 22.8 Å². The maximum absolute atomic E-state index is 14.2. The van der Waals surface area contributed by atoms with Crippen LogP contribution in [0.5, 0.6) is 11.5 Å². The highest BCUT2D eigenvalue weighted by Crippen LogP contribution is 2.40. The topological polar surface area (TPSA) is 98.2 Å². The molecular weight excluding hydrogens is 560 g/mol. The average molecular weight is 595 g/mol. The van der Waals surface area contributed by atoms with E-state index in [0.29, 0.717) is 35.7 Å². The van der Waals surface area contributed by atoms with Gasteiger partial charge in [0.2, 0.25) is 0 Å². The molecule has 6 rings (SSSR count). The molecule has 0 saturated heterocycles. The Balaban J connectivity index is 1.45. The van der Waals surface area contributed by atoms with Gasteiger partial charge < -0.3 is 19.0 Å². The van der Waals surface area contributed by atoms with Gasteiger partial charge in [0, 0.05) is 54.1 Å². The van der Waals surface area contributed by atoms with Gasteiger partial charge in [-0.2, -0.15) is 0 Å². The number of pyridine rings is 1. The third-order valence-corrected chi connectivity index (χ3v) is 9.85. The van der Waals surface area contributed by atoms with Crippen molar-refractivity contribution in [2.75, 3.05) is 20.8 Å². The molecule has 3 heterocycles. The quantitative estimate of drug-likeness (QED) is 0.192. The van der Waals surface area contributed by atoms with E-state index >= 15 is 0 Å². The Kier molecular flexibility index (Phi) is 7.68. The fourth-order valence-corrected chi connectivity index (χ4v) is 7.25. The number of aromatic amines is 1. The smallest absolute Gasteiger partial charge is 0.198 e. The van der Waals surface area contributed by atoms with Crippen molar-refractivity contribution in [1.29, 1.82) is 0 Å². The van der Waals surface area contributed by atoms with Crippen molar-refractivity contribution >= 4 is 31.8 Å². The lowest BCUT2D eigenvalue weighted by Crippen LogP contribution is -2.30. The highest BCUT2D eigenvalue weighted by molar-refractivity contribution is 7.91. The third-order valence-electron chi connectivity index (χ3n) is 7.88. The molecule has 43 heavy (non-hydrogen) atoms. The molecule has 3 aromatic heterocycles. The number of nitrogens with one attached hydrogen (secondary N) is 2. The molecule has 0 bridgehead atoms. The Hall–Kier alpha value is -4.60. The molecule has 3 aromatic carbocycles. The molecule has 0 amide bonds. The van der Waals surface area contributed by atoms with Crippen LogP contribution in [0.4, 0.5) is 0 Å². The molecule has 8 nitrogen and oxygen atoms in total. The first kappa shape index (κ1) is 28.5.